The zero-order valence-electron chi connectivity index (χ0n) is 18.2. The Labute approximate surface area is 202 Å². The molecule has 1 unspecified atom stereocenters. The second-order valence-electron chi connectivity index (χ2n) is 7.55. The molecule has 4 aromatic carbocycles. The van der Waals surface area contributed by atoms with E-state index in [0.29, 0.717) is 0 Å². The second-order valence-corrected chi connectivity index (χ2v) is 12.5. The van der Waals surface area contributed by atoms with E-state index >= 15 is 0 Å². The van der Waals surface area contributed by atoms with Gasteiger partial charge in [-0.05, 0) is 60.9 Å². The predicted octanol–water partition coefficient (Wildman–Crippen LogP) is 7.22. The van der Waals surface area contributed by atoms with E-state index in [0.717, 1.165) is 10.2 Å². The van der Waals surface area contributed by atoms with Gasteiger partial charge in [0.1, 0.15) is 5.75 Å². The zero-order valence-corrected chi connectivity index (χ0v) is 21.5. The third-order valence-electron chi connectivity index (χ3n) is 4.84. The quantitative estimate of drug-likeness (QED) is 0.227. The molecule has 5 heteroatoms. The Morgan fingerprint density at radius 3 is 1.50 bits per heavy atom. The van der Waals surface area contributed by atoms with Crippen molar-refractivity contribution in [3.05, 3.63) is 120 Å². The van der Waals surface area contributed by atoms with Crippen molar-refractivity contribution >= 4 is 48.2 Å². The fourth-order valence-corrected chi connectivity index (χ4v) is 9.10. The molecule has 0 saturated carbocycles. The predicted molar refractivity (Wildman–Crippen MR) is 144 cm³/mol. The van der Waals surface area contributed by atoms with E-state index in [1.54, 1.807) is 0 Å². The molecule has 0 aromatic heterocycles. The molecule has 2 nitrogen and oxygen atoms in total. The average Bonchev–Trinajstić information content (AvgIpc) is 2.84. The molecule has 1 atom stereocenters. The lowest BCUT2D eigenvalue weighted by Crippen LogP contribution is -2.34. The van der Waals surface area contributed by atoms with Crippen LogP contribution in [0.15, 0.2) is 120 Å². The Balaban J connectivity index is 1.84. The first kappa shape index (κ1) is 23.1. The van der Waals surface area contributed by atoms with Crippen molar-refractivity contribution in [1.82, 2.24) is 4.44 Å². The van der Waals surface area contributed by atoms with Crippen LogP contribution in [0.1, 0.15) is 13.8 Å². The van der Waals surface area contributed by atoms with Gasteiger partial charge in [0.05, 0.1) is 0 Å². The summed E-state index contributed by atoms with van der Waals surface area (Å²) < 4.78 is 10.4. The molecule has 32 heavy (non-hydrogen) atoms. The molecule has 162 valence electrons. The summed E-state index contributed by atoms with van der Waals surface area (Å²) in [6, 6.07) is 40.7. The van der Waals surface area contributed by atoms with Crippen LogP contribution in [0, 0.1) is 0 Å². The largest absolute Gasteiger partial charge is 0.453 e. The number of benzene rings is 4. The Morgan fingerprint density at radius 2 is 1.06 bits per heavy atom. The summed E-state index contributed by atoms with van der Waals surface area (Å²) in [5.74, 6) is 0.880. The van der Waals surface area contributed by atoms with Gasteiger partial charge < -0.3 is 4.52 Å². The summed E-state index contributed by atoms with van der Waals surface area (Å²) in [6.07, 6.45) is 0. The highest BCUT2D eigenvalue weighted by Crippen LogP contribution is 2.56. The molecule has 0 saturated heterocycles. The minimum Gasteiger partial charge on any atom is -0.453 e. The normalized spacial score (nSPS) is 12.3. The molecule has 4 aromatic rings. The van der Waals surface area contributed by atoms with E-state index in [4.69, 9.17) is 4.52 Å². The average molecular weight is 522 g/mol. The maximum atomic E-state index is 6.79. The van der Waals surface area contributed by atoms with E-state index in [1.807, 2.05) is 24.3 Å². The number of nitrogens with zero attached hydrogens (tertiary/aromatic N) is 1. The van der Waals surface area contributed by atoms with Gasteiger partial charge in [0.2, 0.25) is 8.30 Å². The summed E-state index contributed by atoms with van der Waals surface area (Å²) in [5.41, 5.74) is 0. The van der Waals surface area contributed by atoms with E-state index < -0.39 is 16.4 Å². The highest BCUT2D eigenvalue weighted by molar-refractivity contribution is 9.10. The van der Waals surface area contributed by atoms with Crippen molar-refractivity contribution in [3.8, 4) is 5.75 Å². The first-order valence-corrected chi connectivity index (χ1v) is 13.9. The van der Waals surface area contributed by atoms with E-state index in [1.165, 1.54) is 15.9 Å². The number of hydrogen-bond acceptors (Lipinski definition) is 2. The van der Waals surface area contributed by atoms with Gasteiger partial charge in [0.25, 0.3) is 0 Å². The molecule has 0 aliphatic carbocycles. The van der Waals surface area contributed by atoms with Crippen LogP contribution in [0.2, 0.25) is 0 Å². The van der Waals surface area contributed by atoms with Crippen LogP contribution in [0.3, 0.4) is 0 Å². The lowest BCUT2D eigenvalue weighted by molar-refractivity contribution is 0.509. The van der Waals surface area contributed by atoms with Gasteiger partial charge in [-0.1, -0.05) is 94.8 Å². The van der Waals surface area contributed by atoms with Crippen molar-refractivity contribution < 1.29 is 4.52 Å². The molecule has 0 radical (unpaired) electrons. The Morgan fingerprint density at radius 1 is 0.625 bits per heavy atom. The van der Waals surface area contributed by atoms with E-state index in [9.17, 15) is 0 Å². The second kappa shape index (κ2) is 11.2. The highest BCUT2D eigenvalue weighted by atomic mass is 79.9. The van der Waals surface area contributed by atoms with Crippen LogP contribution < -0.4 is 20.4 Å². The Bertz CT molecular complexity index is 1050. The molecule has 0 spiro atoms. The first-order valence-electron chi connectivity index (χ1n) is 10.6. The van der Waals surface area contributed by atoms with Crippen LogP contribution in [0.5, 0.6) is 5.75 Å². The summed E-state index contributed by atoms with van der Waals surface area (Å²) in [7, 11) is -1.88. The van der Waals surface area contributed by atoms with Crippen LogP contribution in [0.25, 0.3) is 0 Å². The summed E-state index contributed by atoms with van der Waals surface area (Å²) in [6.45, 7) is 4.54. The minimum atomic E-state index is -1.08. The standard InChI is InChI=1S/C27H26BrNOP2/c1-22(2)29(31(25-12-6-3-7-13-25)26-14-8-4-9-15-26)32(27-16-10-5-11-17-27)30-24-20-18-23(28)19-21-24/h3-22H,1-2H3. The van der Waals surface area contributed by atoms with Crippen LogP contribution >= 0.6 is 32.3 Å². The fraction of sp³-hybridized carbons (Fsp3) is 0.111. The summed E-state index contributed by atoms with van der Waals surface area (Å²) >= 11 is 3.54. The molecule has 0 amide bonds. The van der Waals surface area contributed by atoms with Gasteiger partial charge in [-0.3, -0.25) is 0 Å². The molecule has 0 aliphatic rings. The van der Waals surface area contributed by atoms with Crippen molar-refractivity contribution in [2.24, 2.45) is 0 Å². The number of hydrogen-bond donors (Lipinski definition) is 0. The van der Waals surface area contributed by atoms with Gasteiger partial charge in [-0.25, -0.2) is 4.44 Å². The molecule has 0 aliphatic heterocycles. The molecular formula is C27H26BrNOP2. The monoisotopic (exact) mass is 521 g/mol. The van der Waals surface area contributed by atoms with E-state index in [-0.39, 0.29) is 6.04 Å². The van der Waals surface area contributed by atoms with Crippen LogP contribution in [-0.2, 0) is 0 Å². The number of halogens is 1. The number of rotatable bonds is 8. The Kier molecular flexibility index (Phi) is 8.11. The highest BCUT2D eigenvalue weighted by Gasteiger charge is 2.34. The van der Waals surface area contributed by atoms with Gasteiger partial charge in [0, 0.05) is 23.9 Å². The van der Waals surface area contributed by atoms with Crippen molar-refractivity contribution in [2.45, 2.75) is 19.9 Å². The maximum Gasteiger partial charge on any atom is 0.201 e. The molecular weight excluding hydrogens is 496 g/mol. The van der Waals surface area contributed by atoms with Crippen molar-refractivity contribution in [2.75, 3.05) is 0 Å². The van der Waals surface area contributed by atoms with E-state index in [2.05, 4.69) is 125 Å². The minimum absolute atomic E-state index is 0.281. The van der Waals surface area contributed by atoms with Gasteiger partial charge >= 0.3 is 0 Å². The smallest absolute Gasteiger partial charge is 0.201 e. The SMILES string of the molecule is CC(C)N(P(Oc1ccc(Br)cc1)c1ccccc1)P(c1ccccc1)c1ccccc1. The maximum absolute atomic E-state index is 6.79. The van der Waals surface area contributed by atoms with Crippen LogP contribution in [0.4, 0.5) is 0 Å². The van der Waals surface area contributed by atoms with Gasteiger partial charge in [-0.2, -0.15) is 0 Å². The molecule has 0 heterocycles. The van der Waals surface area contributed by atoms with Gasteiger partial charge in [0.15, 0.2) is 0 Å². The van der Waals surface area contributed by atoms with Crippen LogP contribution in [-0.4, -0.2) is 10.5 Å². The lowest BCUT2D eigenvalue weighted by Gasteiger charge is -2.40. The molecule has 4 rings (SSSR count). The lowest BCUT2D eigenvalue weighted by atomic mass is 10.3. The topological polar surface area (TPSA) is 12.5 Å². The molecule has 0 bridgehead atoms. The zero-order chi connectivity index (χ0) is 22.3. The molecule has 0 N–H and O–H groups in total. The third-order valence-corrected chi connectivity index (χ3v) is 10.8. The van der Waals surface area contributed by atoms with Gasteiger partial charge in [-0.15, -0.1) is 0 Å². The molecule has 0 fully saturated rings. The van der Waals surface area contributed by atoms with Crippen molar-refractivity contribution in [1.29, 1.82) is 0 Å². The first-order chi connectivity index (χ1) is 15.6. The fourth-order valence-electron chi connectivity index (χ4n) is 3.41. The Hall–Kier alpha value is -2.02. The summed E-state index contributed by atoms with van der Waals surface area (Å²) in [4.78, 5) is 0. The van der Waals surface area contributed by atoms with Crippen molar-refractivity contribution in [3.63, 3.8) is 0 Å². The summed E-state index contributed by atoms with van der Waals surface area (Å²) in [5, 5.41) is 3.86. The third kappa shape index (κ3) is 5.66.